The molecule has 0 unspecified atom stereocenters. The predicted molar refractivity (Wildman–Crippen MR) is 74.4 cm³/mol. The molecule has 100 valence electrons. The maximum Gasteiger partial charge on any atom is 0.270 e. The fraction of sp³-hybridized carbons (Fsp3) is 0.231. The van der Waals surface area contributed by atoms with Crippen molar-refractivity contribution in [3.05, 3.63) is 62.9 Å². The first-order valence-corrected chi connectivity index (χ1v) is 6.25. The Bertz CT molecular complexity index is 595. The zero-order valence-electron chi connectivity index (χ0n) is 10.3. The van der Waals surface area contributed by atoms with Gasteiger partial charge in [0.2, 0.25) is 0 Å². The van der Waals surface area contributed by atoms with Gasteiger partial charge in [-0.3, -0.25) is 10.1 Å². The van der Waals surface area contributed by atoms with E-state index < -0.39 is 4.92 Å². The van der Waals surface area contributed by atoms with E-state index >= 15 is 0 Å². The molecule has 1 heterocycles. The van der Waals surface area contributed by atoms with Crippen molar-refractivity contribution >= 4 is 17.3 Å². The molecule has 6 heteroatoms. The van der Waals surface area contributed by atoms with Gasteiger partial charge in [0.1, 0.15) is 0 Å². The predicted octanol–water partition coefficient (Wildman–Crippen LogP) is 2.60. The fourth-order valence-electron chi connectivity index (χ4n) is 1.88. The van der Waals surface area contributed by atoms with Gasteiger partial charge in [-0.05, 0) is 36.2 Å². The fourth-order valence-corrected chi connectivity index (χ4v) is 2.11. The lowest BCUT2D eigenvalue weighted by Gasteiger charge is -2.05. The molecule has 0 aliphatic heterocycles. The molecule has 0 fully saturated rings. The molecule has 5 nitrogen and oxygen atoms in total. The highest BCUT2D eigenvalue weighted by molar-refractivity contribution is 6.31. The molecule has 0 saturated heterocycles. The van der Waals surface area contributed by atoms with Crippen molar-refractivity contribution in [2.24, 2.45) is 5.73 Å². The molecule has 1 aromatic heterocycles. The summed E-state index contributed by atoms with van der Waals surface area (Å²) in [5, 5.41) is 11.0. The van der Waals surface area contributed by atoms with E-state index in [0.717, 1.165) is 12.0 Å². The number of aromatic nitrogens is 1. The number of halogens is 1. The molecule has 2 N–H and O–H groups in total. The third kappa shape index (κ3) is 3.33. The molecular formula is C13H14ClN3O2. The van der Waals surface area contributed by atoms with Crippen LogP contribution < -0.4 is 5.73 Å². The van der Waals surface area contributed by atoms with Gasteiger partial charge in [-0.15, -0.1) is 0 Å². The zero-order valence-corrected chi connectivity index (χ0v) is 11.0. The summed E-state index contributed by atoms with van der Waals surface area (Å²) >= 11 is 6.05. The van der Waals surface area contributed by atoms with Crippen molar-refractivity contribution in [1.82, 2.24) is 4.57 Å². The summed E-state index contributed by atoms with van der Waals surface area (Å²) in [4.78, 5) is 10.2. The van der Waals surface area contributed by atoms with Crippen LogP contribution in [0.1, 0.15) is 11.1 Å². The number of nitrogens with two attached hydrogens (primary N) is 1. The number of hydrogen-bond donors (Lipinski definition) is 1. The van der Waals surface area contributed by atoms with E-state index in [1.807, 2.05) is 23.0 Å². The zero-order chi connectivity index (χ0) is 13.8. The average Bonchev–Trinajstić information content (AvgIpc) is 2.79. The first-order valence-electron chi connectivity index (χ1n) is 5.87. The minimum atomic E-state index is -0.454. The van der Waals surface area contributed by atoms with Gasteiger partial charge >= 0.3 is 0 Å². The van der Waals surface area contributed by atoms with Gasteiger partial charge < -0.3 is 10.3 Å². The van der Waals surface area contributed by atoms with Gasteiger partial charge in [0.05, 0.1) is 9.95 Å². The van der Waals surface area contributed by atoms with E-state index in [9.17, 15) is 10.1 Å². The standard InChI is InChI=1S/C13H14ClN3O2/c14-13-7-12(17(18)19)2-1-11(13)9-16-6-4-10(8-16)3-5-15/h1-2,4,6-8H,3,5,9,15H2. The Labute approximate surface area is 115 Å². The Morgan fingerprint density at radius 3 is 2.79 bits per heavy atom. The van der Waals surface area contributed by atoms with Crippen LogP contribution in [0.15, 0.2) is 36.7 Å². The second kappa shape index (κ2) is 5.86. The van der Waals surface area contributed by atoms with Crippen molar-refractivity contribution in [2.45, 2.75) is 13.0 Å². The summed E-state index contributed by atoms with van der Waals surface area (Å²) in [5.74, 6) is 0. The van der Waals surface area contributed by atoms with E-state index in [4.69, 9.17) is 17.3 Å². The van der Waals surface area contributed by atoms with Crippen LogP contribution in [-0.4, -0.2) is 16.0 Å². The Balaban J connectivity index is 2.16. The molecule has 0 spiro atoms. The smallest absolute Gasteiger partial charge is 0.270 e. The van der Waals surface area contributed by atoms with Crippen LogP contribution in [0.4, 0.5) is 5.69 Å². The highest BCUT2D eigenvalue weighted by Gasteiger charge is 2.09. The molecule has 0 saturated carbocycles. The van der Waals surface area contributed by atoms with Gasteiger partial charge in [-0.2, -0.15) is 0 Å². The Hall–Kier alpha value is -1.85. The first-order chi connectivity index (χ1) is 9.10. The van der Waals surface area contributed by atoms with E-state index in [1.54, 1.807) is 6.07 Å². The highest BCUT2D eigenvalue weighted by atomic mass is 35.5. The van der Waals surface area contributed by atoms with E-state index in [2.05, 4.69) is 0 Å². The van der Waals surface area contributed by atoms with Crippen molar-refractivity contribution in [1.29, 1.82) is 0 Å². The molecule has 1 aromatic carbocycles. The van der Waals surface area contributed by atoms with Crippen LogP contribution in [0.3, 0.4) is 0 Å². The van der Waals surface area contributed by atoms with E-state index in [0.29, 0.717) is 18.1 Å². The molecule has 0 atom stereocenters. The highest BCUT2D eigenvalue weighted by Crippen LogP contribution is 2.23. The van der Waals surface area contributed by atoms with Crippen LogP contribution in [-0.2, 0) is 13.0 Å². The van der Waals surface area contributed by atoms with Crippen LogP contribution in [0, 0.1) is 10.1 Å². The number of nitrogens with zero attached hydrogens (tertiary/aromatic N) is 2. The maximum absolute atomic E-state index is 10.6. The summed E-state index contributed by atoms with van der Waals surface area (Å²) in [6.07, 6.45) is 4.79. The summed E-state index contributed by atoms with van der Waals surface area (Å²) < 4.78 is 1.98. The third-order valence-corrected chi connectivity index (χ3v) is 3.20. The quantitative estimate of drug-likeness (QED) is 0.675. The number of rotatable bonds is 5. The SMILES string of the molecule is NCCc1ccn(Cc2ccc([N+](=O)[O-])cc2Cl)c1. The van der Waals surface area contributed by atoms with E-state index in [-0.39, 0.29) is 5.69 Å². The molecule has 0 aliphatic rings. The molecule has 0 amide bonds. The van der Waals surface area contributed by atoms with Crippen LogP contribution in [0.2, 0.25) is 5.02 Å². The van der Waals surface area contributed by atoms with Gasteiger partial charge in [0.15, 0.2) is 0 Å². The first kappa shape index (κ1) is 13.6. The van der Waals surface area contributed by atoms with Crippen molar-refractivity contribution in [3.8, 4) is 0 Å². The Kier molecular flexibility index (Phi) is 4.19. The second-order valence-electron chi connectivity index (χ2n) is 4.26. The Morgan fingerprint density at radius 2 is 2.16 bits per heavy atom. The third-order valence-electron chi connectivity index (χ3n) is 2.85. The molecule has 19 heavy (non-hydrogen) atoms. The molecular weight excluding hydrogens is 266 g/mol. The summed E-state index contributed by atoms with van der Waals surface area (Å²) in [7, 11) is 0. The van der Waals surface area contributed by atoms with Crippen molar-refractivity contribution in [3.63, 3.8) is 0 Å². The number of nitro benzene ring substituents is 1. The maximum atomic E-state index is 10.6. The number of benzene rings is 1. The number of non-ortho nitro benzene ring substituents is 1. The van der Waals surface area contributed by atoms with Crippen LogP contribution >= 0.6 is 11.6 Å². The monoisotopic (exact) mass is 279 g/mol. The molecule has 0 radical (unpaired) electrons. The topological polar surface area (TPSA) is 74.1 Å². The number of nitro groups is 1. The lowest BCUT2D eigenvalue weighted by Crippen LogP contribution is -2.02. The van der Waals surface area contributed by atoms with Crippen LogP contribution in [0.5, 0.6) is 0 Å². The van der Waals surface area contributed by atoms with Gasteiger partial charge in [0, 0.05) is 31.1 Å². The van der Waals surface area contributed by atoms with Gasteiger partial charge in [0.25, 0.3) is 5.69 Å². The van der Waals surface area contributed by atoms with Crippen molar-refractivity contribution < 1.29 is 4.92 Å². The van der Waals surface area contributed by atoms with Crippen molar-refractivity contribution in [2.75, 3.05) is 6.54 Å². The minimum Gasteiger partial charge on any atom is -0.350 e. The van der Waals surface area contributed by atoms with Crippen LogP contribution in [0.25, 0.3) is 0 Å². The summed E-state index contributed by atoms with van der Waals surface area (Å²) in [5.41, 5.74) is 7.52. The van der Waals surface area contributed by atoms with Gasteiger partial charge in [-0.1, -0.05) is 11.6 Å². The second-order valence-corrected chi connectivity index (χ2v) is 4.67. The van der Waals surface area contributed by atoms with Gasteiger partial charge in [-0.25, -0.2) is 0 Å². The number of hydrogen-bond acceptors (Lipinski definition) is 3. The molecule has 0 aliphatic carbocycles. The largest absolute Gasteiger partial charge is 0.350 e. The lowest BCUT2D eigenvalue weighted by molar-refractivity contribution is -0.384. The van der Waals surface area contributed by atoms with E-state index in [1.165, 1.54) is 17.7 Å². The Morgan fingerprint density at radius 1 is 1.37 bits per heavy atom. The summed E-state index contributed by atoms with van der Waals surface area (Å²) in [6.45, 7) is 1.20. The molecule has 2 aromatic rings. The normalized spacial score (nSPS) is 10.6. The summed E-state index contributed by atoms with van der Waals surface area (Å²) in [6, 6.07) is 6.53. The minimum absolute atomic E-state index is 0.00470. The molecule has 2 rings (SSSR count). The average molecular weight is 280 g/mol. The lowest BCUT2D eigenvalue weighted by atomic mass is 10.2. The molecule has 0 bridgehead atoms.